The van der Waals surface area contributed by atoms with Crippen LogP contribution in [0, 0.1) is 17.8 Å². The number of carbonyl (C=O) groups is 3. The molecule has 2 aliphatic heterocycles. The van der Waals surface area contributed by atoms with Crippen LogP contribution in [0.3, 0.4) is 0 Å². The van der Waals surface area contributed by atoms with Crippen LogP contribution in [0.15, 0.2) is 72.9 Å². The van der Waals surface area contributed by atoms with Crippen molar-refractivity contribution in [3.8, 4) is 0 Å². The minimum Gasteiger partial charge on any atom is -0.481 e. The van der Waals surface area contributed by atoms with Crippen molar-refractivity contribution >= 4 is 17.7 Å². The van der Waals surface area contributed by atoms with Gasteiger partial charge in [-0.2, -0.15) is 0 Å². The second-order valence-corrected chi connectivity index (χ2v) is 17.4. The van der Waals surface area contributed by atoms with Crippen molar-refractivity contribution < 1.29 is 84.8 Å². The lowest BCUT2D eigenvalue weighted by molar-refractivity contribution is -0.277. The van der Waals surface area contributed by atoms with Crippen LogP contribution in [0.4, 0.5) is 0 Å². The van der Waals surface area contributed by atoms with Crippen LogP contribution in [0.5, 0.6) is 0 Å². The molecular formula is C47H75NO17. The van der Waals surface area contributed by atoms with E-state index in [1.54, 1.807) is 44.2 Å². The fraction of sp³-hybridized carbons (Fsp3) is 0.681. The Morgan fingerprint density at radius 2 is 1.18 bits per heavy atom. The maximum absolute atomic E-state index is 12.9. The number of carboxylic acid groups (broad SMARTS) is 1. The summed E-state index contributed by atoms with van der Waals surface area (Å²) >= 11 is 0. The molecule has 2 aliphatic rings. The number of hydrogen-bond donors (Lipinski definition) is 12. The van der Waals surface area contributed by atoms with E-state index in [9.17, 15) is 70.6 Å². The summed E-state index contributed by atoms with van der Waals surface area (Å²) in [6.07, 6.45) is 0.848. The molecule has 370 valence electrons. The molecule has 0 aromatic carbocycles. The maximum Gasteiger partial charge on any atom is 0.311 e. The fourth-order valence-electron chi connectivity index (χ4n) is 7.45. The predicted molar refractivity (Wildman–Crippen MR) is 238 cm³/mol. The van der Waals surface area contributed by atoms with Gasteiger partial charge in [0.05, 0.1) is 79.6 Å². The molecule has 0 aromatic heterocycles. The number of aliphatic carboxylic acids is 1. The van der Waals surface area contributed by atoms with E-state index in [1.807, 2.05) is 43.4 Å². The van der Waals surface area contributed by atoms with Gasteiger partial charge in [-0.1, -0.05) is 86.8 Å². The Bertz CT molecular complexity index is 1600. The van der Waals surface area contributed by atoms with E-state index < -0.39 is 147 Å². The maximum atomic E-state index is 12.9. The first-order valence-corrected chi connectivity index (χ1v) is 22.4. The van der Waals surface area contributed by atoms with Gasteiger partial charge in [0.15, 0.2) is 6.29 Å². The molecular weight excluding hydrogens is 851 g/mol. The van der Waals surface area contributed by atoms with Gasteiger partial charge in [0.2, 0.25) is 0 Å². The number of hydrogen-bond acceptors (Lipinski definition) is 17. The molecule has 1 fully saturated rings. The monoisotopic (exact) mass is 926 g/mol. The molecule has 0 saturated carbocycles. The van der Waals surface area contributed by atoms with E-state index in [4.69, 9.17) is 19.9 Å². The lowest BCUT2D eigenvalue weighted by atomic mass is 9.88. The number of rotatable bonds is 3. The van der Waals surface area contributed by atoms with Gasteiger partial charge in [0.25, 0.3) is 0 Å². The molecule has 0 bridgehead atoms. The zero-order valence-electron chi connectivity index (χ0n) is 37.8. The van der Waals surface area contributed by atoms with Crippen LogP contribution in [-0.4, -0.2) is 166 Å². The summed E-state index contributed by atoms with van der Waals surface area (Å²) in [5, 5.41) is 116. The molecule has 65 heavy (non-hydrogen) atoms. The highest BCUT2D eigenvalue weighted by molar-refractivity contribution is 5.81. The molecule has 18 nitrogen and oxygen atoms in total. The normalized spacial score (nSPS) is 42.5. The SMILES string of the molecule is CC1/C=C/C=C/CC\C=C/C=C/C=C/C=C/C(OC2OC(C)C(O)C(N)C2O)CC(O)C(C(=O)O)C(O)CC(=O)CC(O)C(O)CCC(O)CC(O)CC(O)CC(=O)OC(C)C(C)C1O. The van der Waals surface area contributed by atoms with E-state index in [1.165, 1.54) is 13.0 Å². The number of aliphatic hydroxyl groups excluding tert-OH is 10. The zero-order valence-corrected chi connectivity index (χ0v) is 37.8. The van der Waals surface area contributed by atoms with Crippen LogP contribution in [-0.2, 0) is 28.6 Å². The van der Waals surface area contributed by atoms with Gasteiger partial charge in [-0.15, -0.1) is 0 Å². The molecule has 0 aliphatic carbocycles. The van der Waals surface area contributed by atoms with Crippen LogP contribution >= 0.6 is 0 Å². The van der Waals surface area contributed by atoms with E-state index in [2.05, 4.69) is 0 Å². The van der Waals surface area contributed by atoms with Gasteiger partial charge >= 0.3 is 11.9 Å². The second kappa shape index (κ2) is 30.0. The van der Waals surface area contributed by atoms with Gasteiger partial charge in [-0.25, -0.2) is 0 Å². The van der Waals surface area contributed by atoms with Crippen molar-refractivity contribution in [2.45, 2.75) is 184 Å². The standard InChI is InChI=1S/C47H75NO17/c1-27-17-15-13-11-9-7-5-6-8-10-12-14-16-18-35(65-47-45(60)42(48)44(59)30(4)64-47)26-39(56)41(46(61)62)38(55)24-34(52)23-37(54)36(53)20-19-31(49)21-32(50)22-33(51)25-40(57)63-29(3)28(2)43(27)58/h5-6,8,10-18,27-33,35-39,41-45,47,49-51,53-56,58-60H,7,9,19-26,48H2,1-4H3,(H,61,62)/b6-5-,10-8+,13-11+,14-12+,17-15+,18-16+. The number of carboxylic acids is 1. The van der Waals surface area contributed by atoms with Crippen molar-refractivity contribution in [2.75, 3.05) is 0 Å². The molecule has 18 atom stereocenters. The summed E-state index contributed by atoms with van der Waals surface area (Å²) in [4.78, 5) is 37.8. The highest BCUT2D eigenvalue weighted by Gasteiger charge is 2.43. The molecule has 18 unspecified atom stereocenters. The number of ketones is 1. The average molecular weight is 926 g/mol. The third-order valence-electron chi connectivity index (χ3n) is 11.7. The van der Waals surface area contributed by atoms with E-state index in [-0.39, 0.29) is 31.6 Å². The first kappa shape index (κ1) is 57.7. The highest BCUT2D eigenvalue weighted by atomic mass is 16.7. The fourth-order valence-corrected chi connectivity index (χ4v) is 7.45. The van der Waals surface area contributed by atoms with Gasteiger partial charge in [0.1, 0.15) is 23.9 Å². The van der Waals surface area contributed by atoms with Gasteiger partial charge < -0.3 is 76.1 Å². The molecule has 1 saturated heterocycles. The number of ether oxygens (including phenoxy) is 3. The number of allylic oxidation sites excluding steroid dienone is 10. The minimum atomic E-state index is -1.95. The van der Waals surface area contributed by atoms with E-state index in [0.29, 0.717) is 0 Å². The Balaban J connectivity index is 2.26. The molecule has 0 radical (unpaired) electrons. The number of esters is 1. The Morgan fingerprint density at radius 1 is 0.615 bits per heavy atom. The quantitative estimate of drug-likeness (QED) is 0.174. The summed E-state index contributed by atoms with van der Waals surface area (Å²) in [5.41, 5.74) is 5.96. The number of carbonyl (C=O) groups excluding carboxylic acids is 2. The van der Waals surface area contributed by atoms with Gasteiger partial charge in [-0.3, -0.25) is 14.4 Å². The molecule has 2 rings (SSSR count). The summed E-state index contributed by atoms with van der Waals surface area (Å²) in [7, 11) is 0. The summed E-state index contributed by atoms with van der Waals surface area (Å²) in [6, 6.07) is -1.15. The van der Waals surface area contributed by atoms with Crippen LogP contribution < -0.4 is 5.73 Å². The van der Waals surface area contributed by atoms with Crippen molar-refractivity contribution in [1.82, 2.24) is 0 Å². The van der Waals surface area contributed by atoms with Crippen LogP contribution in [0.2, 0.25) is 0 Å². The third kappa shape index (κ3) is 21.4. The van der Waals surface area contributed by atoms with Crippen LogP contribution in [0.25, 0.3) is 0 Å². The lowest BCUT2D eigenvalue weighted by Crippen LogP contribution is -2.61. The number of Topliss-reactive ketones (excluding diaryl/α,β-unsaturated/α-hetero) is 1. The van der Waals surface area contributed by atoms with Gasteiger partial charge in [-0.05, 0) is 52.4 Å². The molecule has 2 heterocycles. The number of cyclic esters (lactones) is 1. The average Bonchev–Trinajstić information content (AvgIpc) is 3.22. The summed E-state index contributed by atoms with van der Waals surface area (Å²) in [6.45, 7) is 6.73. The van der Waals surface area contributed by atoms with E-state index >= 15 is 0 Å². The highest BCUT2D eigenvalue weighted by Crippen LogP contribution is 2.26. The predicted octanol–water partition coefficient (Wildman–Crippen LogP) is 0.778. The molecule has 18 heteroatoms. The smallest absolute Gasteiger partial charge is 0.311 e. The largest absolute Gasteiger partial charge is 0.481 e. The number of aliphatic hydroxyl groups is 10. The molecule has 13 N–H and O–H groups in total. The molecule has 0 aromatic rings. The van der Waals surface area contributed by atoms with Gasteiger partial charge in [0, 0.05) is 31.1 Å². The lowest BCUT2D eigenvalue weighted by Gasteiger charge is -2.41. The van der Waals surface area contributed by atoms with Crippen molar-refractivity contribution in [3.05, 3.63) is 72.9 Å². The first-order valence-electron chi connectivity index (χ1n) is 22.4. The summed E-state index contributed by atoms with van der Waals surface area (Å²) in [5.74, 6) is -5.88. The number of nitrogens with two attached hydrogens (primary N) is 1. The van der Waals surface area contributed by atoms with Crippen molar-refractivity contribution in [1.29, 1.82) is 0 Å². The van der Waals surface area contributed by atoms with Crippen molar-refractivity contribution in [2.24, 2.45) is 23.5 Å². The molecule has 0 amide bonds. The zero-order chi connectivity index (χ0) is 48.8. The Morgan fingerprint density at radius 3 is 1.83 bits per heavy atom. The Labute approximate surface area is 381 Å². The topological polar surface area (TPSA) is 327 Å². The third-order valence-corrected chi connectivity index (χ3v) is 11.7. The Hall–Kier alpha value is -3.47. The first-order chi connectivity index (χ1) is 30.6. The molecule has 0 spiro atoms. The second-order valence-electron chi connectivity index (χ2n) is 17.4. The summed E-state index contributed by atoms with van der Waals surface area (Å²) < 4.78 is 17.0. The Kier molecular flexibility index (Phi) is 26.6. The van der Waals surface area contributed by atoms with Crippen molar-refractivity contribution in [3.63, 3.8) is 0 Å². The minimum absolute atomic E-state index is 0.144. The van der Waals surface area contributed by atoms with E-state index in [0.717, 1.165) is 12.8 Å². The van der Waals surface area contributed by atoms with Crippen LogP contribution in [0.1, 0.15) is 91.9 Å².